The molecule has 0 N–H and O–H groups in total. The molecule has 2 aromatic heterocycles. The van der Waals surface area contributed by atoms with Crippen molar-refractivity contribution in [2.45, 2.75) is 6.61 Å². The van der Waals surface area contributed by atoms with Gasteiger partial charge >= 0.3 is 0 Å². The van der Waals surface area contributed by atoms with Crippen LogP contribution in [0.4, 0.5) is 0 Å². The van der Waals surface area contributed by atoms with Crippen molar-refractivity contribution in [2.24, 2.45) is 0 Å². The molecule has 0 aliphatic rings. The zero-order chi connectivity index (χ0) is 17.8. The summed E-state index contributed by atoms with van der Waals surface area (Å²) in [7, 11) is 0. The Morgan fingerprint density at radius 3 is 2.42 bits per heavy atom. The standard InChI is InChI=1S/C20H14BrN3O2/c21-17-5-2-6-18(12-17)25-13-14-3-1-4-16(11-14)20-24-23-19(26-20)15-7-9-22-10-8-15/h1-12H,13H2. The number of benzene rings is 2. The predicted octanol–water partition coefficient (Wildman–Crippen LogP) is 5.14. The summed E-state index contributed by atoms with van der Waals surface area (Å²) in [4.78, 5) is 3.99. The summed E-state index contributed by atoms with van der Waals surface area (Å²) in [6, 6.07) is 19.3. The highest BCUT2D eigenvalue weighted by atomic mass is 79.9. The molecule has 0 atom stereocenters. The Morgan fingerprint density at radius 1 is 0.846 bits per heavy atom. The summed E-state index contributed by atoms with van der Waals surface area (Å²) in [6.45, 7) is 0.454. The van der Waals surface area contributed by atoms with Gasteiger partial charge in [0.15, 0.2) is 0 Å². The minimum absolute atomic E-state index is 0.454. The van der Waals surface area contributed by atoms with Crippen LogP contribution in [-0.2, 0) is 6.61 Å². The second-order valence-corrected chi connectivity index (χ2v) is 6.51. The number of ether oxygens (including phenoxy) is 1. The van der Waals surface area contributed by atoms with Crippen molar-refractivity contribution in [2.75, 3.05) is 0 Å². The number of hydrogen-bond acceptors (Lipinski definition) is 5. The Kier molecular flexibility index (Phi) is 4.75. The highest BCUT2D eigenvalue weighted by Gasteiger charge is 2.11. The van der Waals surface area contributed by atoms with Crippen LogP contribution >= 0.6 is 15.9 Å². The van der Waals surface area contributed by atoms with Gasteiger partial charge in [0, 0.05) is 28.0 Å². The van der Waals surface area contributed by atoms with Crippen molar-refractivity contribution >= 4 is 15.9 Å². The molecule has 0 spiro atoms. The van der Waals surface area contributed by atoms with Crippen LogP contribution in [0, 0.1) is 0 Å². The molecule has 6 heteroatoms. The van der Waals surface area contributed by atoms with Gasteiger partial charge in [0.05, 0.1) is 0 Å². The highest BCUT2D eigenvalue weighted by molar-refractivity contribution is 9.10. The van der Waals surface area contributed by atoms with Crippen molar-refractivity contribution in [3.8, 4) is 28.7 Å². The van der Waals surface area contributed by atoms with Crippen molar-refractivity contribution in [3.63, 3.8) is 0 Å². The van der Waals surface area contributed by atoms with Crippen molar-refractivity contribution in [3.05, 3.63) is 83.1 Å². The van der Waals surface area contributed by atoms with Crippen LogP contribution in [0.3, 0.4) is 0 Å². The quantitative estimate of drug-likeness (QED) is 0.458. The van der Waals surface area contributed by atoms with Crippen molar-refractivity contribution < 1.29 is 9.15 Å². The second-order valence-electron chi connectivity index (χ2n) is 5.59. The smallest absolute Gasteiger partial charge is 0.248 e. The average molecular weight is 408 g/mol. The van der Waals surface area contributed by atoms with E-state index in [-0.39, 0.29) is 0 Å². The summed E-state index contributed by atoms with van der Waals surface area (Å²) in [5.74, 6) is 1.75. The van der Waals surface area contributed by atoms with Gasteiger partial charge in [-0.2, -0.15) is 0 Å². The average Bonchev–Trinajstić information content (AvgIpc) is 3.18. The van der Waals surface area contributed by atoms with E-state index in [1.54, 1.807) is 12.4 Å². The third-order valence-electron chi connectivity index (χ3n) is 3.73. The van der Waals surface area contributed by atoms with E-state index >= 15 is 0 Å². The Labute approximate surface area is 158 Å². The highest BCUT2D eigenvalue weighted by Crippen LogP contribution is 2.25. The van der Waals surface area contributed by atoms with Gasteiger partial charge in [0.2, 0.25) is 11.8 Å². The lowest BCUT2D eigenvalue weighted by Gasteiger charge is -2.07. The fraction of sp³-hybridized carbons (Fsp3) is 0.0500. The molecule has 0 fully saturated rings. The topological polar surface area (TPSA) is 61.0 Å². The number of nitrogens with zero attached hydrogens (tertiary/aromatic N) is 3. The van der Waals surface area contributed by atoms with Gasteiger partial charge in [-0.05, 0) is 48.0 Å². The third kappa shape index (κ3) is 3.81. The van der Waals surface area contributed by atoms with E-state index in [4.69, 9.17) is 9.15 Å². The maximum Gasteiger partial charge on any atom is 0.248 e. The molecule has 4 aromatic rings. The van der Waals surface area contributed by atoms with Crippen LogP contribution in [0.1, 0.15) is 5.56 Å². The lowest BCUT2D eigenvalue weighted by Crippen LogP contribution is -1.95. The van der Waals surface area contributed by atoms with Gasteiger partial charge in [-0.25, -0.2) is 0 Å². The normalized spacial score (nSPS) is 10.7. The Balaban J connectivity index is 1.52. The first-order valence-electron chi connectivity index (χ1n) is 7.99. The molecule has 26 heavy (non-hydrogen) atoms. The number of rotatable bonds is 5. The minimum atomic E-state index is 0.454. The maximum atomic E-state index is 5.83. The lowest BCUT2D eigenvalue weighted by molar-refractivity contribution is 0.306. The number of halogens is 1. The number of pyridine rings is 1. The summed E-state index contributed by atoms with van der Waals surface area (Å²) in [6.07, 6.45) is 3.39. The predicted molar refractivity (Wildman–Crippen MR) is 101 cm³/mol. The summed E-state index contributed by atoms with van der Waals surface area (Å²) in [5.41, 5.74) is 2.71. The molecule has 5 nitrogen and oxygen atoms in total. The van der Waals surface area contributed by atoms with Gasteiger partial charge in [0.1, 0.15) is 12.4 Å². The summed E-state index contributed by atoms with van der Waals surface area (Å²) >= 11 is 3.44. The minimum Gasteiger partial charge on any atom is -0.489 e. The zero-order valence-electron chi connectivity index (χ0n) is 13.7. The molecule has 2 aromatic carbocycles. The molecule has 4 rings (SSSR count). The molecule has 128 valence electrons. The molecular formula is C20H14BrN3O2. The van der Waals surface area contributed by atoms with E-state index < -0.39 is 0 Å². The summed E-state index contributed by atoms with van der Waals surface area (Å²) < 4.78 is 12.6. The van der Waals surface area contributed by atoms with Crippen molar-refractivity contribution in [1.29, 1.82) is 0 Å². The molecule has 0 aliphatic carbocycles. The Morgan fingerprint density at radius 2 is 1.62 bits per heavy atom. The molecule has 0 bridgehead atoms. The van der Waals surface area contributed by atoms with Crippen LogP contribution in [0.15, 0.2) is 81.9 Å². The van der Waals surface area contributed by atoms with E-state index in [0.29, 0.717) is 18.4 Å². The first-order valence-corrected chi connectivity index (χ1v) is 8.79. The fourth-order valence-electron chi connectivity index (χ4n) is 2.47. The maximum absolute atomic E-state index is 5.83. The molecule has 0 aliphatic heterocycles. The number of hydrogen-bond donors (Lipinski definition) is 0. The Hall–Kier alpha value is -2.99. The van der Waals surface area contributed by atoms with Crippen LogP contribution in [-0.4, -0.2) is 15.2 Å². The fourth-order valence-corrected chi connectivity index (χ4v) is 2.85. The summed E-state index contributed by atoms with van der Waals surface area (Å²) in [5, 5.41) is 8.26. The molecule has 0 saturated carbocycles. The molecule has 0 unspecified atom stereocenters. The van der Waals surface area contributed by atoms with E-state index in [1.165, 1.54) is 0 Å². The SMILES string of the molecule is Brc1cccc(OCc2cccc(-c3nnc(-c4ccncc4)o3)c2)c1. The van der Waals surface area contributed by atoms with E-state index in [1.807, 2.05) is 60.7 Å². The Bertz CT molecular complexity index is 1020. The molecule has 0 amide bonds. The van der Waals surface area contributed by atoms with Gasteiger partial charge < -0.3 is 9.15 Å². The van der Waals surface area contributed by atoms with E-state index in [2.05, 4.69) is 31.1 Å². The van der Waals surface area contributed by atoms with Gasteiger partial charge in [-0.1, -0.05) is 34.1 Å². The van der Waals surface area contributed by atoms with E-state index in [9.17, 15) is 0 Å². The third-order valence-corrected chi connectivity index (χ3v) is 4.22. The van der Waals surface area contributed by atoms with Gasteiger partial charge in [0.25, 0.3) is 0 Å². The first-order chi connectivity index (χ1) is 12.8. The largest absolute Gasteiger partial charge is 0.489 e. The van der Waals surface area contributed by atoms with Gasteiger partial charge in [-0.15, -0.1) is 10.2 Å². The molecular weight excluding hydrogens is 394 g/mol. The molecule has 0 saturated heterocycles. The first kappa shape index (κ1) is 16.5. The van der Waals surface area contributed by atoms with Crippen molar-refractivity contribution in [1.82, 2.24) is 15.2 Å². The van der Waals surface area contributed by atoms with Crippen LogP contribution in [0.5, 0.6) is 5.75 Å². The monoisotopic (exact) mass is 407 g/mol. The van der Waals surface area contributed by atoms with Gasteiger partial charge in [-0.3, -0.25) is 4.98 Å². The zero-order valence-corrected chi connectivity index (χ0v) is 15.3. The van der Waals surface area contributed by atoms with Crippen LogP contribution < -0.4 is 4.74 Å². The molecule has 0 radical (unpaired) electrons. The lowest BCUT2D eigenvalue weighted by atomic mass is 10.1. The van der Waals surface area contributed by atoms with E-state index in [0.717, 1.165) is 26.9 Å². The second kappa shape index (κ2) is 7.49. The number of aromatic nitrogens is 3. The van der Waals surface area contributed by atoms with Crippen LogP contribution in [0.2, 0.25) is 0 Å². The van der Waals surface area contributed by atoms with Crippen LogP contribution in [0.25, 0.3) is 22.9 Å². The molecule has 2 heterocycles.